The van der Waals surface area contributed by atoms with Crippen molar-refractivity contribution >= 4 is 17.7 Å². The fourth-order valence-corrected chi connectivity index (χ4v) is 21.8. The zero-order valence-corrected chi connectivity index (χ0v) is 52.5. The summed E-state index contributed by atoms with van der Waals surface area (Å²) in [5, 5.41) is 122. The molecule has 0 unspecified atom stereocenters. The van der Waals surface area contributed by atoms with Crippen molar-refractivity contribution in [1.82, 2.24) is 35.9 Å². The Balaban J connectivity index is 1.06. The normalized spacial score (nSPS) is 46.2. The molecule has 12 rings (SSSR count). The van der Waals surface area contributed by atoms with Crippen LogP contribution in [-0.2, 0) is 25.5 Å². The molecule has 22 nitrogen and oxygen atoms in total. The van der Waals surface area contributed by atoms with Gasteiger partial charge >= 0.3 is 5.97 Å². The molecule has 2 aromatic rings. The van der Waals surface area contributed by atoms with E-state index in [1.54, 1.807) is 12.5 Å². The molecule has 2 saturated heterocycles. The number of aliphatic hydroxyl groups is 8. The number of amides is 1. The highest BCUT2D eigenvalue weighted by Crippen LogP contribution is 2.80. The number of aromatic amines is 2. The molecule has 27 atom stereocenters. The van der Waals surface area contributed by atoms with Crippen LogP contribution in [0.2, 0.25) is 0 Å². The Kier molecular flexibility index (Phi) is 17.1. The van der Waals surface area contributed by atoms with Gasteiger partial charge in [0.25, 0.3) is 0 Å². The lowest BCUT2D eigenvalue weighted by molar-refractivity contribution is -0.343. The molecule has 0 aromatic carbocycles. The smallest absolute Gasteiger partial charge is 0.310 e. The van der Waals surface area contributed by atoms with E-state index in [0.29, 0.717) is 94.9 Å². The number of ether oxygens (including phenoxy) is 2. The first-order valence-electron chi connectivity index (χ1n) is 33.1. The van der Waals surface area contributed by atoms with Crippen LogP contribution in [0.5, 0.6) is 0 Å². The second kappa shape index (κ2) is 23.5. The second-order valence-electron chi connectivity index (χ2n) is 30.8. The number of carboxylic acid groups (broad SMARTS) is 1. The fraction of sp³-hybridized carbons (Fsp3) is 0.818. The number of carbonyl (C=O) groups is 2. The maximum Gasteiger partial charge on any atom is 0.310 e. The number of fused-ring (bicyclic) bond motifs is 8. The van der Waals surface area contributed by atoms with Gasteiger partial charge in [0, 0.05) is 79.8 Å². The van der Waals surface area contributed by atoms with Crippen LogP contribution in [0.25, 0.3) is 0 Å². The van der Waals surface area contributed by atoms with E-state index in [2.05, 4.69) is 95.7 Å². The fourth-order valence-electron chi connectivity index (χ4n) is 21.8. The average Bonchev–Trinajstić information content (AvgIpc) is 0.708. The minimum absolute atomic E-state index is 0.106. The molecular weight excluding hydrogens is 1130 g/mol. The van der Waals surface area contributed by atoms with Crippen LogP contribution in [0.15, 0.2) is 30.5 Å². The number of H-pyrrole nitrogens is 2. The third kappa shape index (κ3) is 9.48. The molecule has 5 saturated carbocycles. The minimum atomic E-state index is -1.72. The number of aliphatic carboxylic acids is 1. The van der Waals surface area contributed by atoms with Gasteiger partial charge < -0.3 is 92.4 Å². The van der Waals surface area contributed by atoms with Crippen molar-refractivity contribution in [2.75, 3.05) is 57.9 Å². The number of rotatable bonds is 18. The quantitative estimate of drug-likeness (QED) is 0.0334. The Morgan fingerprint density at radius 1 is 0.909 bits per heavy atom. The summed E-state index contributed by atoms with van der Waals surface area (Å²) in [7, 11) is 0. The van der Waals surface area contributed by atoms with Crippen LogP contribution < -0.4 is 27.0 Å². The molecule has 1 spiro atoms. The van der Waals surface area contributed by atoms with Gasteiger partial charge in [-0.3, -0.25) is 9.59 Å². The number of imidazole rings is 2. The summed E-state index contributed by atoms with van der Waals surface area (Å²) in [6.45, 7) is 16.9. The average molecular weight is 1230 g/mol. The number of nitrogens with two attached hydrogens (primary N) is 1. The highest BCUT2D eigenvalue weighted by molar-refractivity contribution is 5.87. The van der Waals surface area contributed by atoms with Crippen molar-refractivity contribution in [2.24, 2.45) is 109 Å². The number of nitrogens with one attached hydrogen (secondary N) is 6. The van der Waals surface area contributed by atoms with E-state index in [4.69, 9.17) is 20.2 Å². The summed E-state index contributed by atoms with van der Waals surface area (Å²) in [4.78, 5) is 46.5. The monoisotopic (exact) mass is 1230 g/mol. The maximum atomic E-state index is 15.9. The lowest BCUT2D eigenvalue weighted by atomic mass is 9.28. The van der Waals surface area contributed by atoms with Gasteiger partial charge in [-0.15, -0.1) is 0 Å². The third-order valence-electron chi connectivity index (χ3n) is 26.5. The van der Waals surface area contributed by atoms with Gasteiger partial charge in [0.2, 0.25) is 5.91 Å². The molecule has 0 bridgehead atoms. The third-order valence-corrected chi connectivity index (χ3v) is 26.5. The maximum absolute atomic E-state index is 15.9. The number of nitrogens with zero attached hydrogens (tertiary/aromatic N) is 2. The predicted molar refractivity (Wildman–Crippen MR) is 324 cm³/mol. The van der Waals surface area contributed by atoms with E-state index >= 15 is 4.79 Å². The van der Waals surface area contributed by atoms with E-state index in [1.165, 1.54) is 6.33 Å². The first-order valence-corrected chi connectivity index (χ1v) is 33.1. The molecule has 5 heterocycles. The first-order chi connectivity index (χ1) is 41.8. The number of carbonyl (C=O) groups excluding carboxylic acids is 1. The van der Waals surface area contributed by atoms with Crippen LogP contribution >= 0.6 is 0 Å². The molecule has 1 amide bonds. The van der Waals surface area contributed by atoms with Crippen LogP contribution in [0, 0.1) is 115 Å². The van der Waals surface area contributed by atoms with Crippen molar-refractivity contribution in [3.8, 4) is 11.8 Å². The predicted octanol–water partition coefficient (Wildman–Crippen LogP) is 2.20. The Morgan fingerprint density at radius 3 is 2.39 bits per heavy atom. The zero-order chi connectivity index (χ0) is 62.8. The molecular formula is C66H101N9O13. The van der Waals surface area contributed by atoms with Crippen LogP contribution in [0.3, 0.4) is 0 Å². The number of aliphatic hydroxyl groups excluding tert-OH is 8. The number of anilines is 1. The van der Waals surface area contributed by atoms with Crippen molar-refractivity contribution in [1.29, 1.82) is 0 Å². The van der Waals surface area contributed by atoms with Crippen molar-refractivity contribution < 1.29 is 65.0 Å². The van der Waals surface area contributed by atoms with Gasteiger partial charge in [0.1, 0.15) is 30.4 Å². The van der Waals surface area contributed by atoms with Gasteiger partial charge in [-0.1, -0.05) is 78.4 Å². The highest BCUT2D eigenvalue weighted by atomic mass is 16.7. The van der Waals surface area contributed by atoms with E-state index in [-0.39, 0.29) is 38.0 Å². The Bertz CT molecular complexity index is 2970. The molecule has 0 radical (unpaired) electrons. The number of allylic oxidation sites excluding steroid dienone is 2. The Labute approximate surface area is 517 Å². The topological polar surface area (TPSA) is 366 Å². The van der Waals surface area contributed by atoms with Gasteiger partial charge in [-0.25, -0.2) is 9.97 Å². The zero-order valence-electron chi connectivity index (χ0n) is 52.5. The molecule has 3 aliphatic heterocycles. The lowest BCUT2D eigenvalue weighted by Gasteiger charge is -2.76. The molecule has 88 heavy (non-hydrogen) atoms. The molecule has 2 aromatic heterocycles. The van der Waals surface area contributed by atoms with Gasteiger partial charge in [-0.05, 0) is 140 Å². The Hall–Kier alpha value is -4.06. The van der Waals surface area contributed by atoms with Crippen molar-refractivity contribution in [3.05, 3.63) is 41.9 Å². The largest absolute Gasteiger partial charge is 0.481 e. The Morgan fingerprint density at radius 2 is 1.68 bits per heavy atom. The van der Waals surface area contributed by atoms with Crippen LogP contribution in [0.1, 0.15) is 130 Å². The van der Waals surface area contributed by atoms with Gasteiger partial charge in [-0.2, -0.15) is 0 Å². The highest BCUT2D eigenvalue weighted by Gasteiger charge is 2.79. The number of aromatic nitrogens is 4. The summed E-state index contributed by atoms with van der Waals surface area (Å²) in [6.07, 6.45) is 1.17. The summed E-state index contributed by atoms with van der Waals surface area (Å²) < 4.78 is 12.9. The summed E-state index contributed by atoms with van der Waals surface area (Å²) in [5.41, 5.74) is 2.22. The van der Waals surface area contributed by atoms with E-state index in [9.17, 15) is 50.8 Å². The number of hydrogen-bond donors (Lipinski definition) is 16. The number of hydrogen-bond acceptors (Lipinski definition) is 18. The van der Waals surface area contributed by atoms with Crippen molar-refractivity contribution in [3.63, 3.8) is 0 Å². The van der Waals surface area contributed by atoms with Crippen LogP contribution in [0.4, 0.5) is 5.82 Å². The molecule has 10 aliphatic rings. The SMILES string of the molecule is CC(C)CCNCCNC[C@@H]([C@H](O)[C@@H](c1cnc[nH]1)[C@@H]1NC(=O)[C@@]23CCC[C@@H]2C#C[C@H]2C=C4[C@@H]5C[C@@](C)(CO)CC[C@]5(C(=O)O)[C@H]5CNc6nc[nH]c6C[C@@H]5[C@@]4(C)[C@]4(C)CC[C@@H]5[C@](C)(CO)[C@H](O[C@@H]6OC[C@@H](O)[C@H](O)[C@H]6O)[C@H](O)[C@H](C[C@@H]13)[C@]5(C)[C@@H]24)[C@@H](N)O. The molecule has 22 heteroatoms. The summed E-state index contributed by atoms with van der Waals surface area (Å²) >= 11 is 0. The minimum Gasteiger partial charge on any atom is -0.481 e. The first kappa shape index (κ1) is 64.1. The summed E-state index contributed by atoms with van der Waals surface area (Å²) in [6, 6.07) is -0.845. The van der Waals surface area contributed by atoms with Gasteiger partial charge in [0.15, 0.2) is 6.29 Å². The summed E-state index contributed by atoms with van der Waals surface area (Å²) in [5.74, 6) is 1.60. The standard InChI is InChI=1S/C66H101N9O13/c1-33(2)13-18-68-19-20-69-25-36(55(67)83)49(79)47(44-27-70-31-72-44)48-39-22-40-50(80)54(88-57-52(82)51(81)45(78)28-87-57)61(4,30-77)46-12-15-62(5)53(63(40,46)6)34(10-11-35-9-8-14-65(35,39)58(84)75-48)21-37-41-24-60(3,29-76)16-17-66(41,59(85)86)42-26-71-56-43(73-32-74-56)23-38(42)64(37,62)7/h21,27,31-36,38-42,45-55,57,68-69,71,76-83H,8-9,12-20,22-26,28-30,67H2,1-7H3,(H,70,72)(H,73,74)(H,75,84)(H,85,86)/t34-,35+,36-,38-,39-,40-,41-,42-,45+,46+,47-,48+,49-,50+,51-,52+,53-,54+,55-,57-,60-,61-,62+,63-,64-,65-,66+/m0/s1. The number of carboxylic acids is 1. The molecule has 7 fully saturated rings. The second-order valence-corrected chi connectivity index (χ2v) is 30.8. The molecule has 488 valence electrons. The van der Waals surface area contributed by atoms with Crippen molar-refractivity contribution in [2.45, 2.75) is 180 Å². The molecule has 17 N–H and O–H groups in total. The van der Waals surface area contributed by atoms with E-state index in [1.807, 2.05) is 6.92 Å². The lowest BCUT2D eigenvalue weighted by Crippen LogP contribution is -2.75. The van der Waals surface area contributed by atoms with E-state index < -0.39 is 165 Å². The van der Waals surface area contributed by atoms with Gasteiger partial charge in [0.05, 0.1) is 60.7 Å². The van der Waals surface area contributed by atoms with Crippen LogP contribution in [-0.4, -0.2) is 185 Å². The molecule has 7 aliphatic carbocycles. The van der Waals surface area contributed by atoms with E-state index in [0.717, 1.165) is 24.2 Å².